The highest BCUT2D eigenvalue weighted by atomic mass is 32.2. The van der Waals surface area contributed by atoms with Crippen LogP contribution in [0.3, 0.4) is 0 Å². The molecule has 0 radical (unpaired) electrons. The van der Waals surface area contributed by atoms with Crippen molar-refractivity contribution in [2.75, 3.05) is 11.9 Å². The normalized spacial score (nSPS) is 15.7. The Labute approximate surface area is 179 Å². The quantitative estimate of drug-likeness (QED) is 0.602. The standard InChI is InChI=1S/C23H19NO4S2/c1-3-12-28-17-8-6-16(7-9-17)19-13-21(25)24-22-20(14-29-23(19)22)30(26,27)18-10-4-15(2)5-11-18/h1,4-11,14,19H,12-13H2,2H3,(H,24,25). The van der Waals surface area contributed by atoms with Crippen LogP contribution in [0.25, 0.3) is 0 Å². The number of rotatable bonds is 5. The molecule has 1 N–H and O–H groups in total. The maximum atomic E-state index is 13.2. The third-order valence-corrected chi connectivity index (χ3v) is 8.02. The van der Waals surface area contributed by atoms with Crippen LogP contribution in [-0.2, 0) is 14.6 Å². The predicted molar refractivity (Wildman–Crippen MR) is 117 cm³/mol. The number of amides is 1. The molecule has 1 unspecified atom stereocenters. The number of carbonyl (C=O) groups is 1. The van der Waals surface area contributed by atoms with Crippen molar-refractivity contribution in [2.45, 2.75) is 29.1 Å². The zero-order valence-electron chi connectivity index (χ0n) is 16.2. The van der Waals surface area contributed by atoms with Gasteiger partial charge in [-0.3, -0.25) is 4.79 Å². The monoisotopic (exact) mass is 437 g/mol. The van der Waals surface area contributed by atoms with Gasteiger partial charge in [0.2, 0.25) is 15.7 Å². The van der Waals surface area contributed by atoms with Gasteiger partial charge in [0.25, 0.3) is 0 Å². The summed E-state index contributed by atoms with van der Waals surface area (Å²) in [4.78, 5) is 13.6. The number of hydrogen-bond acceptors (Lipinski definition) is 5. The second-order valence-corrected chi connectivity index (χ2v) is 9.85. The van der Waals surface area contributed by atoms with E-state index in [0.29, 0.717) is 11.4 Å². The summed E-state index contributed by atoms with van der Waals surface area (Å²) in [6.45, 7) is 2.08. The molecule has 1 aliphatic rings. The van der Waals surface area contributed by atoms with E-state index in [2.05, 4.69) is 11.2 Å². The molecule has 5 nitrogen and oxygen atoms in total. The highest BCUT2D eigenvalue weighted by molar-refractivity contribution is 7.91. The molecule has 0 saturated heterocycles. The van der Waals surface area contributed by atoms with Gasteiger partial charge < -0.3 is 10.1 Å². The van der Waals surface area contributed by atoms with Gasteiger partial charge in [-0.2, -0.15) is 0 Å². The number of nitrogens with one attached hydrogen (secondary N) is 1. The molecule has 0 fully saturated rings. The van der Waals surface area contributed by atoms with Crippen LogP contribution in [0.1, 0.15) is 28.3 Å². The predicted octanol–water partition coefficient (Wildman–Crippen LogP) is 4.38. The zero-order chi connectivity index (χ0) is 21.3. The average Bonchev–Trinajstić information content (AvgIpc) is 3.17. The minimum Gasteiger partial charge on any atom is -0.481 e. The number of carbonyl (C=O) groups excluding carboxylic acids is 1. The molecule has 3 aromatic rings. The fourth-order valence-corrected chi connectivity index (χ4v) is 6.35. The summed E-state index contributed by atoms with van der Waals surface area (Å²) in [5.41, 5.74) is 2.28. The number of hydrogen-bond donors (Lipinski definition) is 1. The summed E-state index contributed by atoms with van der Waals surface area (Å²) in [6, 6.07) is 14.1. The number of terminal acetylenes is 1. The molecule has 0 spiro atoms. The van der Waals surface area contributed by atoms with Crippen LogP contribution >= 0.6 is 11.3 Å². The molecule has 1 amide bonds. The van der Waals surface area contributed by atoms with E-state index in [1.54, 1.807) is 41.8 Å². The molecule has 152 valence electrons. The molecule has 0 aliphatic carbocycles. The van der Waals surface area contributed by atoms with E-state index in [0.717, 1.165) is 16.0 Å². The largest absolute Gasteiger partial charge is 0.481 e. The fourth-order valence-electron chi connectivity index (χ4n) is 3.44. The molecule has 2 heterocycles. The fraction of sp³-hybridized carbons (Fsp3) is 0.174. The van der Waals surface area contributed by atoms with E-state index >= 15 is 0 Å². The summed E-state index contributed by atoms with van der Waals surface area (Å²) in [5.74, 6) is 2.63. The number of ether oxygens (including phenoxy) is 1. The third-order valence-electron chi connectivity index (χ3n) is 4.98. The molecule has 1 atom stereocenters. The second kappa shape index (κ2) is 7.98. The van der Waals surface area contributed by atoms with Gasteiger partial charge in [-0.1, -0.05) is 35.7 Å². The van der Waals surface area contributed by atoms with Gasteiger partial charge in [0.05, 0.1) is 10.6 Å². The Kier molecular flexibility index (Phi) is 5.37. The van der Waals surface area contributed by atoms with E-state index in [1.165, 1.54) is 11.3 Å². The van der Waals surface area contributed by atoms with Crippen LogP contribution in [0.15, 0.2) is 63.7 Å². The molecule has 2 aromatic carbocycles. The summed E-state index contributed by atoms with van der Waals surface area (Å²) >= 11 is 1.35. The van der Waals surface area contributed by atoms with Gasteiger partial charge in [-0.25, -0.2) is 8.42 Å². The lowest BCUT2D eigenvalue weighted by atomic mass is 9.90. The first kappa shape index (κ1) is 20.2. The lowest BCUT2D eigenvalue weighted by Crippen LogP contribution is -2.23. The van der Waals surface area contributed by atoms with Crippen LogP contribution < -0.4 is 10.1 Å². The Morgan fingerprint density at radius 2 is 1.87 bits per heavy atom. The van der Waals surface area contributed by atoms with Crippen molar-refractivity contribution in [3.05, 3.63) is 69.9 Å². The van der Waals surface area contributed by atoms with Crippen molar-refractivity contribution in [3.63, 3.8) is 0 Å². The van der Waals surface area contributed by atoms with Gasteiger partial charge in [-0.15, -0.1) is 17.8 Å². The van der Waals surface area contributed by atoms with Gasteiger partial charge in [0.1, 0.15) is 17.3 Å². The summed E-state index contributed by atoms with van der Waals surface area (Å²) in [5, 5.41) is 4.39. The number of anilines is 1. The Balaban J connectivity index is 1.72. The van der Waals surface area contributed by atoms with Crippen LogP contribution in [0.5, 0.6) is 5.75 Å². The van der Waals surface area contributed by atoms with E-state index < -0.39 is 9.84 Å². The number of sulfone groups is 1. The van der Waals surface area contributed by atoms with Crippen molar-refractivity contribution >= 4 is 32.8 Å². The smallest absolute Gasteiger partial charge is 0.225 e. The lowest BCUT2D eigenvalue weighted by Gasteiger charge is -2.24. The van der Waals surface area contributed by atoms with Gasteiger partial charge >= 0.3 is 0 Å². The molecular formula is C23H19NO4S2. The maximum Gasteiger partial charge on any atom is 0.225 e. The first-order valence-electron chi connectivity index (χ1n) is 9.29. The van der Waals surface area contributed by atoms with Crippen LogP contribution in [0, 0.1) is 19.3 Å². The van der Waals surface area contributed by atoms with Crippen LogP contribution in [-0.4, -0.2) is 20.9 Å². The molecule has 7 heteroatoms. The first-order valence-corrected chi connectivity index (χ1v) is 11.7. The second-order valence-electron chi connectivity index (χ2n) is 7.02. The summed E-state index contributed by atoms with van der Waals surface area (Å²) < 4.78 is 31.8. The van der Waals surface area contributed by atoms with Crippen LogP contribution in [0.2, 0.25) is 0 Å². The van der Waals surface area contributed by atoms with Crippen molar-refractivity contribution in [3.8, 4) is 18.1 Å². The average molecular weight is 438 g/mol. The molecular weight excluding hydrogens is 418 g/mol. The Morgan fingerprint density at radius 3 is 2.53 bits per heavy atom. The van der Waals surface area contributed by atoms with Gasteiger partial charge in [0, 0.05) is 22.6 Å². The SMILES string of the molecule is C#CCOc1ccc(C2CC(=O)Nc3c(S(=O)(=O)c4ccc(C)cc4)csc32)cc1. The first-order chi connectivity index (χ1) is 14.4. The number of thiophene rings is 1. The van der Waals surface area contributed by atoms with Crippen molar-refractivity contribution in [1.82, 2.24) is 0 Å². The van der Waals surface area contributed by atoms with E-state index in [4.69, 9.17) is 11.2 Å². The minimum atomic E-state index is -3.74. The number of fused-ring (bicyclic) bond motifs is 1. The molecule has 30 heavy (non-hydrogen) atoms. The van der Waals surface area contributed by atoms with Crippen molar-refractivity contribution < 1.29 is 17.9 Å². The van der Waals surface area contributed by atoms with Crippen LogP contribution in [0.4, 0.5) is 5.69 Å². The highest BCUT2D eigenvalue weighted by Gasteiger charge is 2.34. The van der Waals surface area contributed by atoms with Crippen molar-refractivity contribution in [2.24, 2.45) is 0 Å². The topological polar surface area (TPSA) is 72.5 Å². The third kappa shape index (κ3) is 3.72. The zero-order valence-corrected chi connectivity index (χ0v) is 17.8. The Bertz CT molecular complexity index is 1230. The molecule has 4 rings (SSSR count). The highest BCUT2D eigenvalue weighted by Crippen LogP contribution is 2.46. The Morgan fingerprint density at radius 1 is 1.17 bits per heavy atom. The molecule has 1 aromatic heterocycles. The Hall–Kier alpha value is -3.08. The van der Waals surface area contributed by atoms with E-state index in [-0.39, 0.29) is 34.6 Å². The summed E-state index contributed by atoms with van der Waals surface area (Å²) in [6.07, 6.45) is 5.46. The molecule has 0 bridgehead atoms. The maximum absolute atomic E-state index is 13.2. The van der Waals surface area contributed by atoms with Gasteiger partial charge in [-0.05, 0) is 36.8 Å². The number of aryl methyl sites for hydroxylation is 1. The number of benzene rings is 2. The molecule has 0 saturated carbocycles. The van der Waals surface area contributed by atoms with E-state index in [9.17, 15) is 13.2 Å². The lowest BCUT2D eigenvalue weighted by molar-refractivity contribution is -0.116. The molecule has 1 aliphatic heterocycles. The van der Waals surface area contributed by atoms with Gasteiger partial charge in [0.15, 0.2) is 0 Å². The van der Waals surface area contributed by atoms with Crippen molar-refractivity contribution in [1.29, 1.82) is 0 Å². The minimum absolute atomic E-state index is 0.137. The summed E-state index contributed by atoms with van der Waals surface area (Å²) in [7, 11) is -3.74. The van der Waals surface area contributed by atoms with E-state index in [1.807, 2.05) is 19.1 Å².